The Kier molecular flexibility index (Phi) is 28.5. The van der Waals surface area contributed by atoms with Gasteiger partial charge in [0.2, 0.25) is 0 Å². The van der Waals surface area contributed by atoms with Crippen molar-refractivity contribution in [2.75, 3.05) is 33.6 Å². The number of rotatable bonds is 15. The average Bonchev–Trinajstić information content (AvgIpc) is 2.41. The minimum Gasteiger partial charge on any atom is -0.870 e. The van der Waals surface area contributed by atoms with Crippen LogP contribution in [0.1, 0.15) is 131 Å². The van der Waals surface area contributed by atoms with E-state index in [4.69, 9.17) is 34.0 Å². The third-order valence-corrected chi connectivity index (χ3v) is 11.7. The fourth-order valence-corrected chi connectivity index (χ4v) is 7.37. The van der Waals surface area contributed by atoms with Crippen LogP contribution in [-0.4, -0.2) is 102 Å². The number of nitrogen functional groups attached to an aromatic ring is 1. The molecule has 0 bridgehead atoms. The number of halogens is 13. The maximum absolute atomic E-state index is 13.5. The van der Waals surface area contributed by atoms with Gasteiger partial charge >= 0.3 is 30.8 Å². The standard InChI is InChI=1S/C15H13F3N4O.C15H11F3N4.C9H11FN2.C8H8F2N2O2.C6H4F2N2O2.CH2Cl2.Li.H2O/c16-8-1-4-11(12(5-8)21-9-2-3-9)22-15(23)10-6-19-7-20-13(10)14(17)18;16-8-1-4-11-12(5-8)22(9-2-3-9)15(21-11)10-6-19-7-20-13(10)14(17)18;10-6-1-4-8(11)9(5-6)12-7-2-3-7;1-2-14-8(13)5-3-11-4-12-6(5)7(9)10;7-5(8)4-3(6(11)12)1-9-2-10-4;2-1-3;;/h1,4-7,9,14,21H,2-3H2,(H,22,23);1,4-7,9,14H,2-3H2;1,4-5,7,12H,2-3,11H2;3-4,7H,2H2,1H3;1-2,5H,(H,11,12);1H2;;1H2/q;;;;;;+1;/p-1. The first-order chi connectivity index (χ1) is 41.1. The smallest absolute Gasteiger partial charge is 0.870 e. The molecule has 34 heteroatoms. The van der Waals surface area contributed by atoms with Gasteiger partial charge in [-0.2, -0.15) is 0 Å². The molecule has 3 aliphatic rings. The first-order valence-electron chi connectivity index (χ1n) is 25.4. The van der Waals surface area contributed by atoms with E-state index < -0.39 is 72.0 Å². The summed E-state index contributed by atoms with van der Waals surface area (Å²) in [7, 11) is 0. The molecule has 464 valence electrons. The number of alkyl halides is 10. The maximum Gasteiger partial charge on any atom is 1.00 e. The predicted molar refractivity (Wildman–Crippen MR) is 295 cm³/mol. The summed E-state index contributed by atoms with van der Waals surface area (Å²) in [6.45, 7) is 1.71. The summed E-state index contributed by atoms with van der Waals surface area (Å²) in [5, 5.41) is 17.3. The van der Waals surface area contributed by atoms with E-state index >= 15 is 0 Å². The number of hydrogen-bond donors (Lipinski definition) is 5. The number of nitrogens with one attached hydrogen (secondary N) is 3. The fourth-order valence-electron chi connectivity index (χ4n) is 7.37. The Morgan fingerprint density at radius 1 is 0.625 bits per heavy atom. The summed E-state index contributed by atoms with van der Waals surface area (Å²) in [5.41, 5.74) is 5.57. The molecule has 11 rings (SSSR count). The molecule has 0 atom stereocenters. The second kappa shape index (κ2) is 34.8. The van der Waals surface area contributed by atoms with Gasteiger partial charge in [-0.15, -0.1) is 23.2 Å². The molecule has 5 aromatic heterocycles. The summed E-state index contributed by atoms with van der Waals surface area (Å²) in [5.74, 6) is -3.76. The van der Waals surface area contributed by atoms with Crippen LogP contribution in [-0.2, 0) is 4.74 Å². The third-order valence-electron chi connectivity index (χ3n) is 11.7. The van der Waals surface area contributed by atoms with Crippen LogP contribution in [0.2, 0.25) is 0 Å². The van der Waals surface area contributed by atoms with Gasteiger partial charge in [-0.1, -0.05) is 0 Å². The fraction of sp³-hybridized carbons (Fsp3) is 0.296. The van der Waals surface area contributed by atoms with Crippen LogP contribution in [0.15, 0.2) is 105 Å². The number of carboxylic acids is 1. The van der Waals surface area contributed by atoms with Gasteiger partial charge in [0.05, 0.1) is 56.9 Å². The second-order valence-electron chi connectivity index (χ2n) is 18.0. The second-order valence-corrected chi connectivity index (χ2v) is 18.8. The van der Waals surface area contributed by atoms with Crippen molar-refractivity contribution in [3.63, 3.8) is 0 Å². The summed E-state index contributed by atoms with van der Waals surface area (Å²) in [6.07, 6.45) is 2.91. The molecule has 0 spiro atoms. The number of amides is 1. The molecule has 88 heavy (non-hydrogen) atoms. The summed E-state index contributed by atoms with van der Waals surface area (Å²) in [6, 6.07) is 13.4. The molecule has 8 aromatic rings. The summed E-state index contributed by atoms with van der Waals surface area (Å²) >= 11 is 9.53. The number of ether oxygens (including phenoxy) is 1. The molecule has 5 heterocycles. The maximum atomic E-state index is 13.5. The first kappa shape index (κ1) is 72.1. The van der Waals surface area contributed by atoms with Crippen molar-refractivity contribution in [3.05, 3.63) is 162 Å². The van der Waals surface area contributed by atoms with E-state index in [1.54, 1.807) is 19.1 Å². The number of carboxylic acid groups (broad SMARTS) is 1. The Balaban J connectivity index is 0.000000238. The number of hydrogen-bond acceptors (Lipinski definition) is 17. The van der Waals surface area contributed by atoms with Crippen LogP contribution in [0.5, 0.6) is 0 Å². The van der Waals surface area contributed by atoms with Crippen molar-refractivity contribution in [1.29, 1.82) is 0 Å². The Morgan fingerprint density at radius 2 is 1.07 bits per heavy atom. The predicted octanol–water partition coefficient (Wildman–Crippen LogP) is 10.2. The number of imidazole rings is 1. The number of nitrogens with two attached hydrogens (primary N) is 1. The van der Waals surface area contributed by atoms with Crippen LogP contribution in [0.3, 0.4) is 0 Å². The van der Waals surface area contributed by atoms with Gasteiger partial charge < -0.3 is 41.6 Å². The van der Waals surface area contributed by atoms with Crippen molar-refractivity contribution in [1.82, 2.24) is 49.4 Å². The van der Waals surface area contributed by atoms with Gasteiger partial charge in [0.1, 0.15) is 82.5 Å². The van der Waals surface area contributed by atoms with Gasteiger partial charge in [-0.3, -0.25) is 4.79 Å². The zero-order chi connectivity index (χ0) is 62.6. The van der Waals surface area contributed by atoms with Crippen molar-refractivity contribution >= 4 is 74.8 Å². The number of benzene rings is 3. The van der Waals surface area contributed by atoms with Crippen molar-refractivity contribution in [2.24, 2.45) is 0 Å². The number of aromatic carboxylic acids is 1. The van der Waals surface area contributed by atoms with Crippen molar-refractivity contribution in [2.45, 2.75) is 89.3 Å². The number of aromatic nitrogens is 10. The first-order valence-corrected chi connectivity index (χ1v) is 26.4. The molecule has 0 saturated heterocycles. The molecule has 20 nitrogen and oxygen atoms in total. The monoisotopic (exact) mass is 1280 g/mol. The number of fused-ring (bicyclic) bond motifs is 1. The van der Waals surface area contributed by atoms with Crippen LogP contribution >= 0.6 is 23.2 Å². The molecule has 7 N–H and O–H groups in total. The molecular formula is C54H50Cl2F11LiN14O6. The Morgan fingerprint density at radius 3 is 1.57 bits per heavy atom. The molecule has 0 unspecified atom stereocenters. The van der Waals surface area contributed by atoms with Gasteiger partial charge in [0, 0.05) is 42.9 Å². The van der Waals surface area contributed by atoms with Gasteiger partial charge in [-0.05, 0) is 100 Å². The van der Waals surface area contributed by atoms with Crippen LogP contribution < -0.4 is 40.5 Å². The SMILES string of the molecule is CCOC(=O)c1cncnc1C(F)F.ClCCl.Fc1ccc2nc(-c3cncnc3C(F)F)n(C3CC3)c2c1.Nc1ccc(F)cc1NC1CC1.O=C(Nc1ccc(F)cc1NC1CC1)c1cncnc1C(F)F.O=C(O)c1cncnc1C(F)F.[Li+].[OH-]. The van der Waals surface area contributed by atoms with E-state index in [-0.39, 0.29) is 82.4 Å². The molecule has 1 amide bonds. The van der Waals surface area contributed by atoms with Gasteiger partial charge in [0.25, 0.3) is 31.6 Å². The van der Waals surface area contributed by atoms with E-state index in [0.29, 0.717) is 40.0 Å². The minimum atomic E-state index is -2.89. The van der Waals surface area contributed by atoms with Crippen LogP contribution in [0.25, 0.3) is 22.4 Å². The largest absolute Gasteiger partial charge is 1.00 e. The van der Waals surface area contributed by atoms with E-state index in [1.165, 1.54) is 48.7 Å². The topological polar surface area (TPSA) is 294 Å². The Hall–Kier alpha value is -8.37. The molecular weight excluding hydrogens is 1230 g/mol. The molecule has 3 aliphatic carbocycles. The number of carbonyl (C=O) groups is 3. The zero-order valence-electron chi connectivity index (χ0n) is 46.0. The van der Waals surface area contributed by atoms with E-state index in [1.807, 2.05) is 4.57 Å². The number of nitrogens with zero attached hydrogens (tertiary/aromatic N) is 10. The zero-order valence-corrected chi connectivity index (χ0v) is 47.5. The summed E-state index contributed by atoms with van der Waals surface area (Å²) < 4.78 is 147. The normalized spacial score (nSPS) is 12.8. The van der Waals surface area contributed by atoms with Crippen LogP contribution in [0.4, 0.5) is 71.0 Å². The Bertz CT molecular complexity index is 3580. The molecule has 3 saturated carbocycles. The quantitative estimate of drug-likeness (QED) is 0.0210. The third kappa shape index (κ3) is 21.2. The number of carbonyl (C=O) groups excluding carboxylic acids is 2. The van der Waals surface area contributed by atoms with Crippen molar-refractivity contribution < 1.29 is 96.9 Å². The Labute approximate surface area is 514 Å². The van der Waals surface area contributed by atoms with Gasteiger partial charge in [-0.25, -0.2) is 103 Å². The van der Waals surface area contributed by atoms with Crippen LogP contribution in [0, 0.1) is 17.5 Å². The van der Waals surface area contributed by atoms with Gasteiger partial charge in [0.15, 0.2) is 0 Å². The van der Waals surface area contributed by atoms with E-state index in [0.717, 1.165) is 88.1 Å². The van der Waals surface area contributed by atoms with E-state index in [2.05, 4.69) is 65.5 Å². The minimum absolute atomic E-state index is 0. The van der Waals surface area contributed by atoms with Crippen molar-refractivity contribution in [3.8, 4) is 11.4 Å². The molecule has 0 aliphatic heterocycles. The summed E-state index contributed by atoms with van der Waals surface area (Å²) in [4.78, 5) is 65.9. The molecule has 3 aromatic carbocycles. The van der Waals surface area contributed by atoms with E-state index in [9.17, 15) is 62.7 Å². The number of anilines is 4. The molecule has 3 fully saturated rings. The molecule has 0 radical (unpaired) electrons. The number of esters is 1. The average molecular weight is 1280 g/mol.